The van der Waals surface area contributed by atoms with Gasteiger partial charge in [-0.2, -0.15) is 17.6 Å². The van der Waals surface area contributed by atoms with Crippen molar-refractivity contribution in [3.8, 4) is 5.75 Å². The topological polar surface area (TPSA) is 24.5 Å². The average molecular weight is 419 g/mol. The fourth-order valence-electron chi connectivity index (χ4n) is 3.15. The van der Waals surface area contributed by atoms with Gasteiger partial charge < -0.3 is 10.1 Å². The van der Waals surface area contributed by atoms with E-state index < -0.39 is 12.5 Å². The van der Waals surface area contributed by atoms with E-state index in [1.165, 1.54) is 25.0 Å². The molecule has 2 aliphatic rings. The molecule has 1 heterocycles. The third-order valence-corrected chi connectivity index (χ3v) is 4.60. The van der Waals surface area contributed by atoms with E-state index in [0.29, 0.717) is 5.92 Å². The van der Waals surface area contributed by atoms with Gasteiger partial charge in [-0.1, -0.05) is 25.0 Å². The molecule has 1 atom stereocenters. The molecular formula is C17H24Cl2F4N2O. The minimum atomic E-state index is -4.47. The van der Waals surface area contributed by atoms with Crippen LogP contribution < -0.4 is 10.1 Å². The number of alkyl halides is 4. The lowest BCUT2D eigenvalue weighted by Gasteiger charge is -2.35. The molecule has 150 valence electrons. The lowest BCUT2D eigenvalue weighted by atomic mass is 9.98. The van der Waals surface area contributed by atoms with Gasteiger partial charge in [0.25, 0.3) is 0 Å². The van der Waals surface area contributed by atoms with E-state index in [9.17, 15) is 17.6 Å². The van der Waals surface area contributed by atoms with Crippen LogP contribution in [-0.2, 0) is 0 Å². The van der Waals surface area contributed by atoms with E-state index in [-0.39, 0.29) is 36.6 Å². The van der Waals surface area contributed by atoms with Crippen molar-refractivity contribution in [1.29, 1.82) is 0 Å². The van der Waals surface area contributed by atoms with Gasteiger partial charge >= 0.3 is 12.5 Å². The molecule has 1 aromatic carbocycles. The van der Waals surface area contributed by atoms with Crippen LogP contribution in [0.1, 0.15) is 30.9 Å². The van der Waals surface area contributed by atoms with Crippen molar-refractivity contribution in [2.24, 2.45) is 5.92 Å². The second-order valence-corrected chi connectivity index (χ2v) is 6.52. The normalized spacial score (nSPS) is 19.4. The minimum absolute atomic E-state index is 0. The summed E-state index contributed by atoms with van der Waals surface area (Å²) in [4.78, 5) is 2.33. The number of benzene rings is 1. The highest BCUT2D eigenvalue weighted by Crippen LogP contribution is 2.41. The maximum Gasteiger partial charge on any atom is 0.461 e. The molecule has 1 aromatic rings. The van der Waals surface area contributed by atoms with Gasteiger partial charge in [0.05, 0.1) is 0 Å². The number of halogens is 6. The molecule has 0 amide bonds. The molecule has 0 spiro atoms. The predicted octanol–water partition coefficient (Wildman–Crippen LogP) is 4.51. The first-order valence-electron chi connectivity index (χ1n) is 8.35. The summed E-state index contributed by atoms with van der Waals surface area (Å²) in [5.41, 5.74) is 0.853. The number of nitrogens with one attached hydrogen (secondary N) is 1. The van der Waals surface area contributed by atoms with Crippen molar-refractivity contribution in [2.75, 3.05) is 26.2 Å². The molecule has 1 aliphatic carbocycles. The first kappa shape index (κ1) is 23.3. The molecule has 3 nitrogen and oxygen atoms in total. The Hall–Kier alpha value is -0.760. The summed E-state index contributed by atoms with van der Waals surface area (Å²) >= 11 is 0. The first-order chi connectivity index (χ1) is 11.5. The average Bonchev–Trinajstić information content (AvgIpc) is 3.37. The molecule has 9 heteroatoms. The molecule has 0 aromatic heterocycles. The van der Waals surface area contributed by atoms with E-state index in [2.05, 4.69) is 15.0 Å². The highest BCUT2D eigenvalue weighted by atomic mass is 35.5. The summed E-state index contributed by atoms with van der Waals surface area (Å²) in [5.74, 6) is 0.450. The molecule has 0 radical (unpaired) electrons. The van der Waals surface area contributed by atoms with Crippen LogP contribution in [0.5, 0.6) is 5.75 Å². The Balaban J connectivity index is 0.00000169. The molecule has 1 saturated heterocycles. The lowest BCUT2D eigenvalue weighted by molar-refractivity contribution is -0.253. The van der Waals surface area contributed by atoms with Crippen LogP contribution in [0.4, 0.5) is 17.6 Å². The molecule has 3 rings (SSSR count). The van der Waals surface area contributed by atoms with Gasteiger partial charge in [0.2, 0.25) is 0 Å². The molecule has 0 bridgehead atoms. The smallest absolute Gasteiger partial charge is 0.428 e. The molecule has 26 heavy (non-hydrogen) atoms. The zero-order valence-corrected chi connectivity index (χ0v) is 15.8. The van der Waals surface area contributed by atoms with Crippen LogP contribution in [0.15, 0.2) is 24.3 Å². The van der Waals surface area contributed by atoms with Gasteiger partial charge in [-0.25, -0.2) is 0 Å². The summed E-state index contributed by atoms with van der Waals surface area (Å²) < 4.78 is 55.2. The van der Waals surface area contributed by atoms with Gasteiger partial charge in [-0.15, -0.1) is 24.8 Å². The standard InChI is InChI=1S/C17H22F4N2O.2ClH/c18-16(19)17(20,21)24-14-3-1-2-13(11-14)15(10-12-4-5-12)23-8-6-22-7-9-23;;/h1-3,11-12,15-16,22H,4-10H2;2*1H/t15-;;/m1../s1. The Morgan fingerprint density at radius 3 is 2.38 bits per heavy atom. The number of nitrogens with zero attached hydrogens (tertiary/aromatic N) is 1. The largest absolute Gasteiger partial charge is 0.461 e. The van der Waals surface area contributed by atoms with E-state index in [4.69, 9.17) is 0 Å². The molecule has 1 aliphatic heterocycles. The molecule has 1 saturated carbocycles. The number of hydrogen-bond acceptors (Lipinski definition) is 3. The second-order valence-electron chi connectivity index (χ2n) is 6.52. The fourth-order valence-corrected chi connectivity index (χ4v) is 3.15. The molecule has 2 fully saturated rings. The third kappa shape index (κ3) is 6.15. The van der Waals surface area contributed by atoms with Crippen LogP contribution in [0.25, 0.3) is 0 Å². The zero-order valence-electron chi connectivity index (χ0n) is 14.2. The first-order valence-corrected chi connectivity index (χ1v) is 8.35. The van der Waals surface area contributed by atoms with Gasteiger partial charge in [0.15, 0.2) is 0 Å². The maximum atomic E-state index is 13.1. The van der Waals surface area contributed by atoms with Crippen LogP contribution in [0, 0.1) is 5.92 Å². The highest BCUT2D eigenvalue weighted by Gasteiger charge is 2.44. The molecular weight excluding hydrogens is 395 g/mol. The van der Waals surface area contributed by atoms with Crippen LogP contribution in [-0.4, -0.2) is 43.6 Å². The predicted molar refractivity (Wildman–Crippen MR) is 97.0 cm³/mol. The number of rotatable bonds is 7. The summed E-state index contributed by atoms with van der Waals surface area (Å²) in [6.45, 7) is 3.55. The highest BCUT2D eigenvalue weighted by molar-refractivity contribution is 5.85. The van der Waals surface area contributed by atoms with Gasteiger partial charge in [0, 0.05) is 32.2 Å². The van der Waals surface area contributed by atoms with Gasteiger partial charge in [-0.05, 0) is 30.0 Å². The number of ether oxygens (including phenoxy) is 1. The second kappa shape index (κ2) is 9.97. The van der Waals surface area contributed by atoms with Crippen LogP contribution in [0.3, 0.4) is 0 Å². The van der Waals surface area contributed by atoms with Crippen LogP contribution >= 0.6 is 24.8 Å². The van der Waals surface area contributed by atoms with Gasteiger partial charge in [0.1, 0.15) is 5.75 Å². The van der Waals surface area contributed by atoms with E-state index in [1.54, 1.807) is 6.07 Å². The van der Waals surface area contributed by atoms with E-state index >= 15 is 0 Å². The van der Waals surface area contributed by atoms with Crippen molar-refractivity contribution in [1.82, 2.24) is 10.2 Å². The van der Waals surface area contributed by atoms with E-state index in [1.807, 2.05) is 6.07 Å². The summed E-state index contributed by atoms with van der Waals surface area (Å²) in [7, 11) is 0. The third-order valence-electron chi connectivity index (χ3n) is 4.60. The Morgan fingerprint density at radius 2 is 1.81 bits per heavy atom. The number of hydrogen-bond donors (Lipinski definition) is 1. The van der Waals surface area contributed by atoms with Crippen molar-refractivity contribution >= 4 is 24.8 Å². The zero-order chi connectivity index (χ0) is 17.2. The monoisotopic (exact) mass is 418 g/mol. The van der Waals surface area contributed by atoms with E-state index in [0.717, 1.165) is 38.2 Å². The maximum absolute atomic E-state index is 13.1. The van der Waals surface area contributed by atoms with Crippen molar-refractivity contribution < 1.29 is 22.3 Å². The van der Waals surface area contributed by atoms with Crippen molar-refractivity contribution in [3.63, 3.8) is 0 Å². The minimum Gasteiger partial charge on any atom is -0.428 e. The summed E-state index contributed by atoms with van der Waals surface area (Å²) in [6.07, 6.45) is -4.96. The van der Waals surface area contributed by atoms with Crippen LogP contribution in [0.2, 0.25) is 0 Å². The SMILES string of the molecule is Cl.Cl.FC(F)C(F)(F)Oc1cccc([C@@H](CC2CC2)N2CCNCC2)c1. The Morgan fingerprint density at radius 1 is 1.15 bits per heavy atom. The fraction of sp³-hybridized carbons (Fsp3) is 0.647. The lowest BCUT2D eigenvalue weighted by Crippen LogP contribution is -2.45. The summed E-state index contributed by atoms with van der Waals surface area (Å²) in [5, 5.41) is 3.30. The Bertz CT molecular complexity index is 555. The summed E-state index contributed by atoms with van der Waals surface area (Å²) in [6, 6.07) is 6.34. The van der Waals surface area contributed by atoms with Gasteiger partial charge in [-0.3, -0.25) is 4.90 Å². The van der Waals surface area contributed by atoms with Crippen molar-refractivity contribution in [2.45, 2.75) is 37.8 Å². The molecule has 1 N–H and O–H groups in total. The Labute approximate surface area is 163 Å². The quantitative estimate of drug-likeness (QED) is 0.659. The van der Waals surface area contributed by atoms with Crippen molar-refractivity contribution in [3.05, 3.63) is 29.8 Å². The number of piperazine rings is 1. The molecule has 0 unspecified atom stereocenters. The Kier molecular flexibility index (Phi) is 8.93.